The normalized spacial score (nSPS) is 25.3. The van der Waals surface area contributed by atoms with Gasteiger partial charge >= 0.3 is 0 Å². The van der Waals surface area contributed by atoms with Crippen molar-refractivity contribution < 1.29 is 9.53 Å². The highest BCUT2D eigenvalue weighted by Crippen LogP contribution is 2.29. The highest BCUT2D eigenvalue weighted by atomic mass is 16.5. The average molecular weight is 290 g/mol. The molecule has 0 bridgehead atoms. The van der Waals surface area contributed by atoms with Crippen LogP contribution in [-0.4, -0.2) is 53.1 Å². The number of rotatable bonds is 2. The Morgan fingerprint density at radius 1 is 1.38 bits per heavy atom. The van der Waals surface area contributed by atoms with E-state index in [2.05, 4.69) is 15.3 Å². The molecule has 6 heteroatoms. The first-order chi connectivity index (χ1) is 10.2. The minimum Gasteiger partial charge on any atom is -0.374 e. The lowest BCUT2D eigenvalue weighted by atomic mass is 9.90. The lowest BCUT2D eigenvalue weighted by Crippen LogP contribution is -2.55. The second kappa shape index (κ2) is 5.97. The van der Waals surface area contributed by atoms with E-state index >= 15 is 0 Å². The quantitative estimate of drug-likeness (QED) is 0.896. The average Bonchev–Trinajstić information content (AvgIpc) is 2.53. The van der Waals surface area contributed by atoms with Crippen LogP contribution >= 0.6 is 0 Å². The van der Waals surface area contributed by atoms with E-state index in [0.717, 1.165) is 18.5 Å². The Bertz CT molecular complexity index is 532. The molecule has 1 amide bonds. The largest absolute Gasteiger partial charge is 0.374 e. The summed E-state index contributed by atoms with van der Waals surface area (Å²) in [5.41, 5.74) is 1.27. The molecule has 114 valence electrons. The Balaban J connectivity index is 1.85. The smallest absolute Gasteiger partial charge is 0.273 e. The Kier molecular flexibility index (Phi) is 4.05. The number of hydrogen-bond donors (Lipinski definition) is 1. The molecule has 0 spiro atoms. The first kappa shape index (κ1) is 14.3. The minimum atomic E-state index is -0.00259. The maximum Gasteiger partial charge on any atom is 0.273 e. The van der Waals surface area contributed by atoms with Gasteiger partial charge in [-0.15, -0.1) is 0 Å². The molecule has 1 saturated carbocycles. The summed E-state index contributed by atoms with van der Waals surface area (Å²) in [4.78, 5) is 23.3. The second-order valence-corrected chi connectivity index (χ2v) is 5.73. The number of nitrogens with zero attached hydrogens (tertiary/aromatic N) is 3. The zero-order chi connectivity index (χ0) is 14.8. The van der Waals surface area contributed by atoms with Gasteiger partial charge in [0.1, 0.15) is 5.69 Å². The number of hydrogen-bond acceptors (Lipinski definition) is 5. The van der Waals surface area contributed by atoms with Crippen LogP contribution in [0.15, 0.2) is 6.07 Å². The molecule has 2 aliphatic rings. The molecular formula is C15H22N4O2. The van der Waals surface area contributed by atoms with E-state index < -0.39 is 0 Å². The zero-order valence-electron chi connectivity index (χ0n) is 12.6. The third-order valence-corrected chi connectivity index (χ3v) is 4.29. The third kappa shape index (κ3) is 2.85. The summed E-state index contributed by atoms with van der Waals surface area (Å²) >= 11 is 0. The summed E-state index contributed by atoms with van der Waals surface area (Å²) in [6, 6.07) is 1.96. The van der Waals surface area contributed by atoms with Gasteiger partial charge in [0.15, 0.2) is 0 Å². The van der Waals surface area contributed by atoms with Gasteiger partial charge in [0, 0.05) is 19.3 Å². The highest BCUT2D eigenvalue weighted by molar-refractivity contribution is 5.93. The number of aryl methyl sites for hydroxylation is 1. The Labute approximate surface area is 124 Å². The number of carbonyl (C=O) groups is 1. The zero-order valence-corrected chi connectivity index (χ0v) is 12.6. The van der Waals surface area contributed by atoms with Crippen molar-refractivity contribution in [2.75, 3.05) is 25.5 Å². The fourth-order valence-corrected chi connectivity index (χ4v) is 3.29. The van der Waals surface area contributed by atoms with Crippen LogP contribution in [0.1, 0.15) is 41.9 Å². The standard InChI is InChI=1S/C15H22N4O2/c1-10-9-11(18-15(16-2)17-10)14(20)19-7-8-21-13-6-4-3-5-12(13)19/h9,12-13H,3-8H2,1-2H3,(H,16,17,18)/t12-,13+/m1/s1. The molecule has 0 unspecified atom stereocenters. The van der Waals surface area contributed by atoms with Crippen LogP contribution in [0.3, 0.4) is 0 Å². The van der Waals surface area contributed by atoms with Crippen molar-refractivity contribution >= 4 is 11.9 Å². The molecule has 1 aliphatic carbocycles. The Morgan fingerprint density at radius 2 is 2.19 bits per heavy atom. The molecule has 1 aromatic heterocycles. The number of anilines is 1. The minimum absolute atomic E-state index is 0.00259. The molecule has 0 radical (unpaired) electrons. The van der Waals surface area contributed by atoms with Crippen LogP contribution in [0, 0.1) is 6.92 Å². The van der Waals surface area contributed by atoms with E-state index in [1.54, 1.807) is 13.1 Å². The summed E-state index contributed by atoms with van der Waals surface area (Å²) in [7, 11) is 1.76. The van der Waals surface area contributed by atoms with E-state index in [1.165, 1.54) is 12.8 Å². The van der Waals surface area contributed by atoms with Crippen molar-refractivity contribution in [1.29, 1.82) is 0 Å². The van der Waals surface area contributed by atoms with Crippen molar-refractivity contribution in [2.45, 2.75) is 44.8 Å². The van der Waals surface area contributed by atoms with E-state index in [9.17, 15) is 4.79 Å². The topological polar surface area (TPSA) is 67.4 Å². The SMILES string of the molecule is CNc1nc(C)cc(C(=O)N2CCO[C@H]3CCCC[C@H]32)n1. The molecule has 21 heavy (non-hydrogen) atoms. The van der Waals surface area contributed by atoms with E-state index in [1.807, 2.05) is 11.8 Å². The molecule has 1 saturated heterocycles. The second-order valence-electron chi connectivity index (χ2n) is 5.73. The van der Waals surface area contributed by atoms with E-state index in [4.69, 9.17) is 4.74 Å². The fraction of sp³-hybridized carbons (Fsp3) is 0.667. The Morgan fingerprint density at radius 3 is 3.00 bits per heavy atom. The van der Waals surface area contributed by atoms with Crippen LogP contribution in [0.25, 0.3) is 0 Å². The molecule has 3 rings (SSSR count). The first-order valence-electron chi connectivity index (χ1n) is 7.65. The molecule has 0 aromatic carbocycles. The number of fused-ring (bicyclic) bond motifs is 1. The van der Waals surface area contributed by atoms with Crippen molar-refractivity contribution in [3.05, 3.63) is 17.5 Å². The van der Waals surface area contributed by atoms with Gasteiger partial charge in [0.05, 0.1) is 18.8 Å². The van der Waals surface area contributed by atoms with Gasteiger partial charge in [-0.3, -0.25) is 4.79 Å². The van der Waals surface area contributed by atoms with Crippen LogP contribution in [0.4, 0.5) is 5.95 Å². The summed E-state index contributed by atoms with van der Waals surface area (Å²) in [5.74, 6) is 0.490. The number of morpholine rings is 1. The summed E-state index contributed by atoms with van der Waals surface area (Å²) < 4.78 is 5.83. The van der Waals surface area contributed by atoms with Gasteiger partial charge < -0.3 is 15.0 Å². The van der Waals surface area contributed by atoms with Gasteiger partial charge in [-0.2, -0.15) is 0 Å². The molecular weight excluding hydrogens is 268 g/mol. The first-order valence-corrected chi connectivity index (χ1v) is 7.65. The summed E-state index contributed by atoms with van der Waals surface area (Å²) in [5, 5.41) is 2.90. The predicted octanol–water partition coefficient (Wildman–Crippen LogP) is 1.61. The van der Waals surface area contributed by atoms with Crippen molar-refractivity contribution in [3.63, 3.8) is 0 Å². The molecule has 2 heterocycles. The number of ether oxygens (including phenoxy) is 1. The number of amides is 1. The van der Waals surface area contributed by atoms with E-state index in [-0.39, 0.29) is 18.1 Å². The van der Waals surface area contributed by atoms with Gasteiger partial charge in [-0.05, 0) is 25.8 Å². The summed E-state index contributed by atoms with van der Waals surface area (Å²) in [6.45, 7) is 3.15. The maximum atomic E-state index is 12.8. The number of carbonyl (C=O) groups excluding carboxylic acids is 1. The van der Waals surface area contributed by atoms with Gasteiger partial charge in [-0.25, -0.2) is 9.97 Å². The molecule has 6 nitrogen and oxygen atoms in total. The van der Waals surface area contributed by atoms with Gasteiger partial charge in [0.2, 0.25) is 5.95 Å². The Hall–Kier alpha value is -1.69. The predicted molar refractivity (Wildman–Crippen MR) is 79.3 cm³/mol. The molecule has 1 N–H and O–H groups in total. The van der Waals surface area contributed by atoms with Crippen LogP contribution in [0.5, 0.6) is 0 Å². The van der Waals surface area contributed by atoms with Crippen molar-refractivity contribution in [1.82, 2.24) is 14.9 Å². The van der Waals surface area contributed by atoms with Crippen molar-refractivity contribution in [3.8, 4) is 0 Å². The van der Waals surface area contributed by atoms with Gasteiger partial charge in [0.25, 0.3) is 5.91 Å². The maximum absolute atomic E-state index is 12.8. The van der Waals surface area contributed by atoms with Crippen LogP contribution in [0.2, 0.25) is 0 Å². The lowest BCUT2D eigenvalue weighted by molar-refractivity contribution is -0.0754. The molecule has 2 atom stereocenters. The fourth-order valence-electron chi connectivity index (χ4n) is 3.29. The third-order valence-electron chi connectivity index (χ3n) is 4.29. The monoisotopic (exact) mass is 290 g/mol. The number of nitrogens with one attached hydrogen (secondary N) is 1. The van der Waals surface area contributed by atoms with Crippen LogP contribution < -0.4 is 5.32 Å². The summed E-state index contributed by atoms with van der Waals surface area (Å²) in [6.07, 6.45) is 4.64. The molecule has 2 fully saturated rings. The van der Waals surface area contributed by atoms with Gasteiger partial charge in [-0.1, -0.05) is 12.8 Å². The molecule has 1 aromatic rings. The van der Waals surface area contributed by atoms with Crippen molar-refractivity contribution in [2.24, 2.45) is 0 Å². The van der Waals surface area contributed by atoms with Crippen LogP contribution in [-0.2, 0) is 4.74 Å². The molecule has 1 aliphatic heterocycles. The number of aromatic nitrogens is 2. The van der Waals surface area contributed by atoms with E-state index in [0.29, 0.717) is 24.8 Å². The highest BCUT2D eigenvalue weighted by Gasteiger charge is 2.37. The lowest BCUT2D eigenvalue weighted by Gasteiger charge is -2.43.